The number of aliphatic hydroxyl groups is 1. The Bertz CT molecular complexity index is 730. The molecular formula is C18H21N3O5. The van der Waals surface area contributed by atoms with Gasteiger partial charge in [0.25, 0.3) is 12.4 Å². The molecule has 0 aliphatic carbocycles. The number of hydrogen-bond acceptors (Lipinski definition) is 5. The number of nitrogens with zero attached hydrogens (tertiary/aromatic N) is 2. The van der Waals surface area contributed by atoms with Crippen LogP contribution in [0.25, 0.3) is 0 Å². The van der Waals surface area contributed by atoms with Gasteiger partial charge in [0.2, 0.25) is 5.91 Å². The van der Waals surface area contributed by atoms with E-state index in [4.69, 9.17) is 15.2 Å². The molecule has 2 heterocycles. The van der Waals surface area contributed by atoms with Gasteiger partial charge in [-0.3, -0.25) is 14.4 Å². The molecule has 0 aromatic heterocycles. The molecule has 26 heavy (non-hydrogen) atoms. The highest BCUT2D eigenvalue weighted by Crippen LogP contribution is 2.37. The van der Waals surface area contributed by atoms with Crippen LogP contribution in [0.4, 0.5) is 0 Å². The van der Waals surface area contributed by atoms with Gasteiger partial charge in [-0.2, -0.15) is 5.26 Å². The molecule has 1 aromatic carbocycles. The molecule has 0 radical (unpaired) electrons. The van der Waals surface area contributed by atoms with Gasteiger partial charge in [0.05, 0.1) is 28.7 Å². The van der Waals surface area contributed by atoms with Crippen LogP contribution in [-0.2, 0) is 9.59 Å². The summed E-state index contributed by atoms with van der Waals surface area (Å²) < 4.78 is 0. The van der Waals surface area contributed by atoms with Crippen LogP contribution in [-0.4, -0.2) is 59.1 Å². The molecule has 8 nitrogen and oxygen atoms in total. The minimum Gasteiger partial charge on any atom is -0.483 e. The molecule has 3 rings (SSSR count). The number of rotatable bonds is 1. The first-order valence-electron chi connectivity index (χ1n) is 8.32. The predicted molar refractivity (Wildman–Crippen MR) is 91.1 cm³/mol. The Morgan fingerprint density at radius 2 is 2.12 bits per heavy atom. The zero-order chi connectivity index (χ0) is 19.2. The van der Waals surface area contributed by atoms with Crippen LogP contribution in [0.2, 0.25) is 0 Å². The fourth-order valence-corrected chi connectivity index (χ4v) is 3.55. The minimum atomic E-state index is -0.923. The van der Waals surface area contributed by atoms with E-state index in [1.807, 2.05) is 6.07 Å². The Labute approximate surface area is 151 Å². The highest BCUT2D eigenvalue weighted by Gasteiger charge is 2.50. The Balaban J connectivity index is 0.000000758. The number of piperidine rings is 2. The van der Waals surface area contributed by atoms with E-state index >= 15 is 0 Å². The van der Waals surface area contributed by atoms with E-state index in [0.29, 0.717) is 37.1 Å². The third-order valence-electron chi connectivity index (χ3n) is 4.89. The van der Waals surface area contributed by atoms with Crippen molar-refractivity contribution in [2.45, 2.75) is 25.4 Å². The molecule has 1 spiro atoms. The van der Waals surface area contributed by atoms with Gasteiger partial charge >= 0.3 is 0 Å². The maximum Gasteiger partial charge on any atom is 0.290 e. The highest BCUT2D eigenvalue weighted by molar-refractivity contribution is 5.97. The average Bonchev–Trinajstić information content (AvgIpc) is 2.66. The average molecular weight is 359 g/mol. The lowest BCUT2D eigenvalue weighted by atomic mass is 9.71. The molecule has 0 bridgehead atoms. The Hall–Kier alpha value is -2.92. The first-order valence-corrected chi connectivity index (χ1v) is 8.32. The minimum absolute atomic E-state index is 0.178. The number of nitrogens with one attached hydrogen (secondary N) is 1. The van der Waals surface area contributed by atoms with Crippen molar-refractivity contribution in [1.82, 2.24) is 10.2 Å². The number of amides is 2. The Morgan fingerprint density at radius 1 is 1.42 bits per heavy atom. The van der Waals surface area contributed by atoms with Crippen molar-refractivity contribution in [2.75, 3.05) is 19.6 Å². The fourth-order valence-electron chi connectivity index (χ4n) is 3.55. The fraction of sp³-hybridized carbons (Fsp3) is 0.444. The highest BCUT2D eigenvalue weighted by atomic mass is 16.3. The van der Waals surface area contributed by atoms with E-state index < -0.39 is 11.5 Å². The lowest BCUT2D eigenvalue weighted by molar-refractivity contribution is -0.147. The summed E-state index contributed by atoms with van der Waals surface area (Å²) in [5, 5.41) is 29.2. The number of carbonyl (C=O) groups is 3. The Morgan fingerprint density at radius 3 is 2.77 bits per heavy atom. The second kappa shape index (κ2) is 8.45. The van der Waals surface area contributed by atoms with E-state index in [1.54, 1.807) is 29.2 Å². The van der Waals surface area contributed by atoms with Gasteiger partial charge in [0.15, 0.2) is 0 Å². The summed E-state index contributed by atoms with van der Waals surface area (Å²) in [5.41, 5.74) is -0.253. The summed E-state index contributed by atoms with van der Waals surface area (Å²) in [5.74, 6) is -0.436. The van der Waals surface area contributed by atoms with Gasteiger partial charge in [0.1, 0.15) is 0 Å². The topological polar surface area (TPSA) is 131 Å². The van der Waals surface area contributed by atoms with E-state index in [-0.39, 0.29) is 24.8 Å². The van der Waals surface area contributed by atoms with Crippen molar-refractivity contribution in [3.8, 4) is 6.07 Å². The molecule has 8 heteroatoms. The van der Waals surface area contributed by atoms with E-state index in [0.717, 1.165) is 6.42 Å². The van der Waals surface area contributed by atoms with E-state index in [1.165, 1.54) is 0 Å². The van der Waals surface area contributed by atoms with E-state index in [2.05, 4.69) is 5.32 Å². The number of hydrogen-bond donors (Lipinski definition) is 3. The zero-order valence-electron chi connectivity index (χ0n) is 14.2. The van der Waals surface area contributed by atoms with Crippen molar-refractivity contribution in [1.29, 1.82) is 5.26 Å². The zero-order valence-corrected chi connectivity index (χ0v) is 14.2. The number of carboxylic acid groups (broad SMARTS) is 1. The van der Waals surface area contributed by atoms with Crippen LogP contribution < -0.4 is 5.32 Å². The van der Waals surface area contributed by atoms with Crippen LogP contribution in [0.15, 0.2) is 24.3 Å². The summed E-state index contributed by atoms with van der Waals surface area (Å²) in [4.78, 5) is 35.1. The quantitative estimate of drug-likeness (QED) is 0.621. The van der Waals surface area contributed by atoms with Crippen LogP contribution >= 0.6 is 0 Å². The molecule has 0 saturated carbocycles. The van der Waals surface area contributed by atoms with Gasteiger partial charge < -0.3 is 20.4 Å². The molecule has 2 atom stereocenters. The monoisotopic (exact) mass is 359 g/mol. The molecule has 2 saturated heterocycles. The van der Waals surface area contributed by atoms with Crippen LogP contribution in [0, 0.1) is 16.7 Å². The maximum absolute atomic E-state index is 12.8. The van der Waals surface area contributed by atoms with Gasteiger partial charge in [0, 0.05) is 19.6 Å². The summed E-state index contributed by atoms with van der Waals surface area (Å²) in [7, 11) is 0. The summed E-state index contributed by atoms with van der Waals surface area (Å²) in [6, 6.07) is 8.69. The second-order valence-electron chi connectivity index (χ2n) is 6.31. The third-order valence-corrected chi connectivity index (χ3v) is 4.89. The number of carbonyl (C=O) groups excluding carboxylic acids is 2. The summed E-state index contributed by atoms with van der Waals surface area (Å²) in [6.07, 6.45) is 0.995. The van der Waals surface area contributed by atoms with Crippen LogP contribution in [0.1, 0.15) is 35.2 Å². The van der Waals surface area contributed by atoms with Crippen molar-refractivity contribution in [3.63, 3.8) is 0 Å². The predicted octanol–water partition coefficient (Wildman–Crippen LogP) is 0.362. The van der Waals surface area contributed by atoms with Crippen LogP contribution in [0.5, 0.6) is 0 Å². The van der Waals surface area contributed by atoms with E-state index in [9.17, 15) is 14.7 Å². The van der Waals surface area contributed by atoms with Gasteiger partial charge in [-0.15, -0.1) is 0 Å². The van der Waals surface area contributed by atoms with Crippen molar-refractivity contribution in [3.05, 3.63) is 35.4 Å². The van der Waals surface area contributed by atoms with Gasteiger partial charge in [-0.1, -0.05) is 12.1 Å². The van der Waals surface area contributed by atoms with Crippen molar-refractivity contribution in [2.24, 2.45) is 5.41 Å². The normalized spacial score (nSPS) is 24.7. The molecule has 138 valence electrons. The lowest BCUT2D eigenvalue weighted by Crippen LogP contribution is -2.62. The largest absolute Gasteiger partial charge is 0.483 e. The number of aliphatic hydroxyl groups excluding tert-OH is 1. The smallest absolute Gasteiger partial charge is 0.290 e. The number of benzene rings is 1. The first kappa shape index (κ1) is 19.4. The SMILES string of the molecule is N#Cc1ccccc1C(=O)N1CC[C@H](O)[C@@]2(CCCNC2=O)C1.O=CO. The molecule has 1 aromatic rings. The van der Waals surface area contributed by atoms with Crippen molar-refractivity contribution < 1.29 is 24.6 Å². The second-order valence-corrected chi connectivity index (χ2v) is 6.31. The molecular weight excluding hydrogens is 338 g/mol. The molecule has 2 aliphatic heterocycles. The van der Waals surface area contributed by atoms with Crippen molar-refractivity contribution >= 4 is 18.3 Å². The molecule has 2 fully saturated rings. The lowest BCUT2D eigenvalue weighted by Gasteiger charge is -2.46. The summed E-state index contributed by atoms with van der Waals surface area (Å²) in [6.45, 7) is 0.936. The molecule has 2 amide bonds. The number of nitriles is 1. The molecule has 3 N–H and O–H groups in total. The summed E-state index contributed by atoms with van der Waals surface area (Å²) >= 11 is 0. The maximum atomic E-state index is 12.8. The standard InChI is InChI=1S/C17H19N3O3.CH2O2/c18-10-12-4-1-2-5-13(12)15(22)20-9-6-14(21)17(11-20)7-3-8-19-16(17)23;2-1-3/h1-2,4-5,14,21H,3,6-9,11H2,(H,19,23);1H,(H,2,3)/t14-,17+;/m0./s1. The van der Waals surface area contributed by atoms with Gasteiger partial charge in [-0.25, -0.2) is 0 Å². The Kier molecular flexibility index (Phi) is 6.31. The molecule has 0 unspecified atom stereocenters. The van der Waals surface area contributed by atoms with Crippen LogP contribution in [0.3, 0.4) is 0 Å². The third kappa shape index (κ3) is 3.68. The number of likely N-dealkylation sites (tertiary alicyclic amines) is 1. The molecule has 2 aliphatic rings. The van der Waals surface area contributed by atoms with Gasteiger partial charge in [-0.05, 0) is 31.4 Å². The first-order chi connectivity index (χ1) is 12.5.